The van der Waals surface area contributed by atoms with Crippen molar-refractivity contribution in [2.24, 2.45) is 0 Å². The zero-order chi connectivity index (χ0) is 15.2. The summed E-state index contributed by atoms with van der Waals surface area (Å²) in [6, 6.07) is 8.46. The zero-order valence-electron chi connectivity index (χ0n) is 13.7. The lowest BCUT2D eigenvalue weighted by molar-refractivity contribution is -0.0388. The maximum absolute atomic E-state index is 5.90. The first kappa shape index (κ1) is 17.0. The summed E-state index contributed by atoms with van der Waals surface area (Å²) >= 11 is 0. The first-order valence-corrected chi connectivity index (χ1v) is 7.54. The molecular weight excluding hydrogens is 250 g/mol. The van der Waals surface area contributed by atoms with E-state index in [0.717, 1.165) is 12.3 Å². The van der Waals surface area contributed by atoms with Gasteiger partial charge in [0.1, 0.15) is 5.75 Å². The van der Waals surface area contributed by atoms with Gasteiger partial charge in [0.15, 0.2) is 0 Å². The van der Waals surface area contributed by atoms with Gasteiger partial charge in [0.25, 0.3) is 0 Å². The minimum absolute atomic E-state index is 0.167. The van der Waals surface area contributed by atoms with Gasteiger partial charge in [-0.2, -0.15) is 0 Å². The van der Waals surface area contributed by atoms with Gasteiger partial charge in [0.2, 0.25) is 0 Å². The standard InChI is InChI=1S/C17H29NO2/c1-7-18-16(17(5,6)19-8-2)14-9-11-15(12-10-14)20-13(3)4/h9-13,16,18H,7-8H2,1-6H3. The molecule has 0 fully saturated rings. The van der Waals surface area contributed by atoms with Gasteiger partial charge in [-0.3, -0.25) is 0 Å². The van der Waals surface area contributed by atoms with E-state index in [1.807, 2.05) is 32.9 Å². The Morgan fingerprint density at radius 1 is 1.10 bits per heavy atom. The number of nitrogens with one attached hydrogen (secondary N) is 1. The first-order valence-electron chi connectivity index (χ1n) is 7.54. The molecule has 0 heterocycles. The highest BCUT2D eigenvalue weighted by atomic mass is 16.5. The van der Waals surface area contributed by atoms with E-state index in [1.165, 1.54) is 5.56 Å². The fraction of sp³-hybridized carbons (Fsp3) is 0.647. The lowest BCUT2D eigenvalue weighted by atomic mass is 9.91. The first-order chi connectivity index (χ1) is 9.40. The lowest BCUT2D eigenvalue weighted by Crippen LogP contribution is -2.41. The van der Waals surface area contributed by atoms with Crippen LogP contribution in [0.1, 0.15) is 53.1 Å². The van der Waals surface area contributed by atoms with Crippen LogP contribution < -0.4 is 10.1 Å². The minimum Gasteiger partial charge on any atom is -0.491 e. The second kappa shape index (κ2) is 7.65. The van der Waals surface area contributed by atoms with E-state index < -0.39 is 0 Å². The molecule has 114 valence electrons. The van der Waals surface area contributed by atoms with Crippen LogP contribution in [0.5, 0.6) is 5.75 Å². The lowest BCUT2D eigenvalue weighted by Gasteiger charge is -2.35. The Bertz CT molecular complexity index is 384. The van der Waals surface area contributed by atoms with E-state index in [0.29, 0.717) is 6.61 Å². The van der Waals surface area contributed by atoms with Crippen molar-refractivity contribution >= 4 is 0 Å². The van der Waals surface area contributed by atoms with Crippen LogP contribution in [0, 0.1) is 0 Å². The molecule has 1 rings (SSSR count). The summed E-state index contributed by atoms with van der Waals surface area (Å²) in [6.07, 6.45) is 0.199. The molecule has 1 aromatic rings. The molecule has 1 atom stereocenters. The maximum atomic E-state index is 5.90. The quantitative estimate of drug-likeness (QED) is 0.782. The highest BCUT2D eigenvalue weighted by Gasteiger charge is 2.30. The van der Waals surface area contributed by atoms with Crippen molar-refractivity contribution in [1.82, 2.24) is 5.32 Å². The van der Waals surface area contributed by atoms with Gasteiger partial charge in [-0.25, -0.2) is 0 Å². The van der Waals surface area contributed by atoms with Crippen molar-refractivity contribution in [2.75, 3.05) is 13.2 Å². The molecule has 0 amide bonds. The molecule has 20 heavy (non-hydrogen) atoms. The van der Waals surface area contributed by atoms with Crippen LogP contribution >= 0.6 is 0 Å². The van der Waals surface area contributed by atoms with Crippen molar-refractivity contribution in [3.05, 3.63) is 29.8 Å². The Kier molecular flexibility index (Phi) is 6.50. The normalized spacial score (nSPS) is 13.6. The van der Waals surface area contributed by atoms with Crippen molar-refractivity contribution in [3.63, 3.8) is 0 Å². The van der Waals surface area contributed by atoms with Crippen molar-refractivity contribution in [2.45, 2.75) is 59.3 Å². The highest BCUT2D eigenvalue weighted by Crippen LogP contribution is 2.30. The van der Waals surface area contributed by atoms with Crippen molar-refractivity contribution in [3.8, 4) is 5.75 Å². The second-order valence-corrected chi connectivity index (χ2v) is 5.76. The number of likely N-dealkylation sites (N-methyl/N-ethyl adjacent to an activating group) is 1. The molecule has 1 unspecified atom stereocenters. The molecule has 0 saturated heterocycles. The monoisotopic (exact) mass is 279 g/mol. The number of hydrogen-bond donors (Lipinski definition) is 1. The van der Waals surface area contributed by atoms with Crippen molar-refractivity contribution < 1.29 is 9.47 Å². The van der Waals surface area contributed by atoms with Gasteiger partial charge in [-0.05, 0) is 58.9 Å². The van der Waals surface area contributed by atoms with Crippen molar-refractivity contribution in [1.29, 1.82) is 0 Å². The number of rotatable bonds is 8. The van der Waals surface area contributed by atoms with Crippen LogP contribution in [-0.2, 0) is 4.74 Å². The SMILES string of the molecule is CCNC(c1ccc(OC(C)C)cc1)C(C)(C)OCC. The third kappa shape index (κ3) is 4.80. The summed E-state index contributed by atoms with van der Waals surface area (Å²) in [5, 5.41) is 3.52. The van der Waals surface area contributed by atoms with Gasteiger partial charge < -0.3 is 14.8 Å². The molecule has 0 aliphatic carbocycles. The highest BCUT2D eigenvalue weighted by molar-refractivity contribution is 5.30. The zero-order valence-corrected chi connectivity index (χ0v) is 13.7. The predicted molar refractivity (Wildman–Crippen MR) is 84.3 cm³/mol. The molecule has 1 N–H and O–H groups in total. The maximum Gasteiger partial charge on any atom is 0.119 e. The van der Waals surface area contributed by atoms with E-state index in [1.54, 1.807) is 0 Å². The average molecular weight is 279 g/mol. The van der Waals surface area contributed by atoms with Gasteiger partial charge in [-0.1, -0.05) is 19.1 Å². The van der Waals surface area contributed by atoms with Crippen LogP contribution in [0.3, 0.4) is 0 Å². The predicted octanol–water partition coefficient (Wildman–Crippen LogP) is 3.94. The van der Waals surface area contributed by atoms with Gasteiger partial charge in [-0.15, -0.1) is 0 Å². The van der Waals surface area contributed by atoms with E-state index in [-0.39, 0.29) is 17.7 Å². The van der Waals surface area contributed by atoms with Gasteiger partial charge >= 0.3 is 0 Å². The number of ether oxygens (including phenoxy) is 2. The van der Waals surface area contributed by atoms with E-state index >= 15 is 0 Å². The van der Waals surface area contributed by atoms with E-state index in [4.69, 9.17) is 9.47 Å². The average Bonchev–Trinajstić information content (AvgIpc) is 2.36. The molecule has 0 aliphatic rings. The smallest absolute Gasteiger partial charge is 0.119 e. The van der Waals surface area contributed by atoms with Crippen LogP contribution in [-0.4, -0.2) is 24.9 Å². The Labute approximate surface area is 123 Å². The van der Waals surface area contributed by atoms with Crippen LogP contribution in [0.15, 0.2) is 24.3 Å². The Hall–Kier alpha value is -1.06. The topological polar surface area (TPSA) is 30.5 Å². The summed E-state index contributed by atoms with van der Waals surface area (Å²) < 4.78 is 11.6. The number of hydrogen-bond acceptors (Lipinski definition) is 3. The third-order valence-corrected chi connectivity index (χ3v) is 3.21. The number of benzene rings is 1. The van der Waals surface area contributed by atoms with Crippen LogP contribution in [0.2, 0.25) is 0 Å². The summed E-state index contributed by atoms with van der Waals surface area (Å²) in [5.74, 6) is 0.910. The fourth-order valence-electron chi connectivity index (χ4n) is 2.44. The van der Waals surface area contributed by atoms with Crippen LogP contribution in [0.4, 0.5) is 0 Å². The molecule has 0 aromatic heterocycles. The molecule has 0 bridgehead atoms. The van der Waals surface area contributed by atoms with Gasteiger partial charge in [0, 0.05) is 6.61 Å². The Balaban J connectivity index is 2.92. The fourth-order valence-corrected chi connectivity index (χ4v) is 2.44. The van der Waals surface area contributed by atoms with E-state index in [9.17, 15) is 0 Å². The Morgan fingerprint density at radius 2 is 1.70 bits per heavy atom. The van der Waals surface area contributed by atoms with Gasteiger partial charge in [0.05, 0.1) is 17.7 Å². The second-order valence-electron chi connectivity index (χ2n) is 5.76. The molecule has 0 saturated carbocycles. The summed E-state index contributed by atoms with van der Waals surface area (Å²) in [6.45, 7) is 14.1. The third-order valence-electron chi connectivity index (χ3n) is 3.21. The van der Waals surface area contributed by atoms with Crippen LogP contribution in [0.25, 0.3) is 0 Å². The molecular formula is C17H29NO2. The summed E-state index contributed by atoms with van der Waals surface area (Å²) in [4.78, 5) is 0. The molecule has 3 heteroatoms. The molecule has 0 aliphatic heterocycles. The minimum atomic E-state index is -0.245. The summed E-state index contributed by atoms with van der Waals surface area (Å²) in [7, 11) is 0. The molecule has 0 spiro atoms. The molecule has 3 nitrogen and oxygen atoms in total. The van der Waals surface area contributed by atoms with E-state index in [2.05, 4.69) is 38.2 Å². The molecule has 1 aromatic carbocycles. The Morgan fingerprint density at radius 3 is 2.15 bits per heavy atom. The largest absolute Gasteiger partial charge is 0.491 e. The molecule has 0 radical (unpaired) electrons. The summed E-state index contributed by atoms with van der Waals surface area (Å²) in [5.41, 5.74) is 0.979.